The van der Waals surface area contributed by atoms with Gasteiger partial charge in [-0.15, -0.1) is 0 Å². The Morgan fingerprint density at radius 3 is 2.67 bits per heavy atom. The zero-order valence-electron chi connectivity index (χ0n) is 10.1. The number of ether oxygens (including phenoxy) is 1. The number of amides is 1. The van der Waals surface area contributed by atoms with Gasteiger partial charge < -0.3 is 15.4 Å². The molecule has 0 fully saturated rings. The second-order valence-electron chi connectivity index (χ2n) is 3.60. The van der Waals surface area contributed by atoms with Crippen LogP contribution >= 0.6 is 0 Å². The fraction of sp³-hybridized carbons (Fsp3) is 0.909. The van der Waals surface area contributed by atoms with Crippen molar-refractivity contribution in [3.8, 4) is 0 Å². The second kappa shape index (κ2) is 9.93. The minimum atomic E-state index is 0.109. The Hall–Kier alpha value is -0.610. The molecule has 0 rings (SSSR count). The van der Waals surface area contributed by atoms with Gasteiger partial charge in [-0.25, -0.2) is 0 Å². The number of rotatable bonds is 9. The maximum absolute atomic E-state index is 11.2. The quantitative estimate of drug-likeness (QED) is 0.602. The third-order valence-electron chi connectivity index (χ3n) is 2.16. The van der Waals surface area contributed by atoms with E-state index in [-0.39, 0.29) is 5.91 Å². The molecule has 0 saturated carbocycles. The Morgan fingerprint density at radius 2 is 2.13 bits per heavy atom. The molecule has 0 saturated heterocycles. The van der Waals surface area contributed by atoms with E-state index < -0.39 is 0 Å². The van der Waals surface area contributed by atoms with Crippen LogP contribution in [0.5, 0.6) is 0 Å². The summed E-state index contributed by atoms with van der Waals surface area (Å²) in [7, 11) is 1.70. The predicted molar refractivity (Wildman–Crippen MR) is 61.9 cm³/mol. The van der Waals surface area contributed by atoms with Crippen LogP contribution in [0.3, 0.4) is 0 Å². The molecule has 1 atom stereocenters. The lowest BCUT2D eigenvalue weighted by Gasteiger charge is -2.16. The van der Waals surface area contributed by atoms with Crippen molar-refractivity contribution in [1.82, 2.24) is 10.6 Å². The van der Waals surface area contributed by atoms with Crippen LogP contribution in [0, 0.1) is 0 Å². The summed E-state index contributed by atoms with van der Waals surface area (Å²) >= 11 is 0. The van der Waals surface area contributed by atoms with Crippen molar-refractivity contribution in [3.63, 3.8) is 0 Å². The minimum absolute atomic E-state index is 0.109. The predicted octanol–water partition coefficient (Wildman–Crippen LogP) is 0.917. The molecule has 4 heteroatoms. The van der Waals surface area contributed by atoms with E-state index in [1.54, 1.807) is 7.11 Å². The van der Waals surface area contributed by atoms with Crippen molar-refractivity contribution >= 4 is 5.91 Å². The number of nitrogens with one attached hydrogen (secondary N) is 2. The summed E-state index contributed by atoms with van der Waals surface area (Å²) in [5.74, 6) is 0.109. The van der Waals surface area contributed by atoms with E-state index in [1.807, 2.05) is 6.92 Å². The molecule has 15 heavy (non-hydrogen) atoms. The van der Waals surface area contributed by atoms with E-state index in [1.165, 1.54) is 0 Å². The highest BCUT2D eigenvalue weighted by atomic mass is 16.5. The molecule has 0 aromatic carbocycles. The fourth-order valence-electron chi connectivity index (χ4n) is 1.47. The molecular weight excluding hydrogens is 192 g/mol. The van der Waals surface area contributed by atoms with Gasteiger partial charge >= 0.3 is 0 Å². The zero-order valence-corrected chi connectivity index (χ0v) is 10.1. The lowest BCUT2D eigenvalue weighted by Crippen LogP contribution is -2.36. The highest BCUT2D eigenvalue weighted by Gasteiger charge is 2.07. The summed E-state index contributed by atoms with van der Waals surface area (Å²) in [6.07, 6.45) is 2.75. The largest absolute Gasteiger partial charge is 0.383 e. The van der Waals surface area contributed by atoms with E-state index in [4.69, 9.17) is 4.74 Å². The summed E-state index contributed by atoms with van der Waals surface area (Å²) in [6, 6.07) is 0.370. The van der Waals surface area contributed by atoms with Gasteiger partial charge in [-0.1, -0.05) is 13.3 Å². The number of hydrogen-bond acceptors (Lipinski definition) is 3. The molecule has 0 bridgehead atoms. The van der Waals surface area contributed by atoms with Crippen molar-refractivity contribution in [2.45, 2.75) is 39.2 Å². The number of carbonyl (C=O) groups is 1. The smallest absolute Gasteiger partial charge is 0.221 e. The SMILES string of the molecule is CCCC(COC)NCCC(=O)NCC. The Labute approximate surface area is 92.8 Å². The molecule has 0 spiro atoms. The lowest BCUT2D eigenvalue weighted by atomic mass is 10.2. The Bertz CT molecular complexity index is 157. The van der Waals surface area contributed by atoms with Gasteiger partial charge in [0.1, 0.15) is 0 Å². The summed E-state index contributed by atoms with van der Waals surface area (Å²) in [6.45, 7) is 6.21. The lowest BCUT2D eigenvalue weighted by molar-refractivity contribution is -0.120. The molecule has 1 unspecified atom stereocenters. The van der Waals surface area contributed by atoms with Crippen LogP contribution in [0.2, 0.25) is 0 Å². The molecule has 1 amide bonds. The number of hydrogen-bond donors (Lipinski definition) is 2. The van der Waals surface area contributed by atoms with Gasteiger partial charge in [0.2, 0.25) is 5.91 Å². The summed E-state index contributed by atoms with van der Waals surface area (Å²) in [5.41, 5.74) is 0. The van der Waals surface area contributed by atoms with Crippen LogP contribution in [-0.2, 0) is 9.53 Å². The zero-order chi connectivity index (χ0) is 11.5. The molecule has 90 valence electrons. The molecule has 0 aliphatic heterocycles. The van der Waals surface area contributed by atoms with Gasteiger partial charge in [0.25, 0.3) is 0 Å². The number of carbonyl (C=O) groups excluding carboxylic acids is 1. The molecule has 0 aliphatic rings. The van der Waals surface area contributed by atoms with Gasteiger partial charge in [-0.2, -0.15) is 0 Å². The van der Waals surface area contributed by atoms with Crippen molar-refractivity contribution in [1.29, 1.82) is 0 Å². The van der Waals surface area contributed by atoms with Crippen molar-refractivity contribution in [2.75, 3.05) is 26.8 Å². The van der Waals surface area contributed by atoms with Gasteiger partial charge in [0.05, 0.1) is 6.61 Å². The van der Waals surface area contributed by atoms with E-state index in [9.17, 15) is 4.79 Å². The van der Waals surface area contributed by atoms with E-state index >= 15 is 0 Å². The van der Waals surface area contributed by atoms with Crippen LogP contribution in [0.15, 0.2) is 0 Å². The summed E-state index contributed by atoms with van der Waals surface area (Å²) in [4.78, 5) is 11.2. The first kappa shape index (κ1) is 14.4. The van der Waals surface area contributed by atoms with Crippen LogP contribution < -0.4 is 10.6 Å². The highest BCUT2D eigenvalue weighted by Crippen LogP contribution is 1.96. The molecule has 0 radical (unpaired) electrons. The van der Waals surface area contributed by atoms with Gasteiger partial charge in [0, 0.05) is 32.7 Å². The Kier molecular flexibility index (Phi) is 9.52. The highest BCUT2D eigenvalue weighted by molar-refractivity contribution is 5.75. The molecule has 0 aromatic rings. The van der Waals surface area contributed by atoms with Crippen LogP contribution in [0.1, 0.15) is 33.1 Å². The van der Waals surface area contributed by atoms with Crippen LogP contribution in [-0.4, -0.2) is 38.8 Å². The van der Waals surface area contributed by atoms with Crippen molar-refractivity contribution in [3.05, 3.63) is 0 Å². The first-order chi connectivity index (χ1) is 7.24. The Morgan fingerprint density at radius 1 is 1.40 bits per heavy atom. The van der Waals surface area contributed by atoms with Crippen LogP contribution in [0.25, 0.3) is 0 Å². The fourth-order valence-corrected chi connectivity index (χ4v) is 1.47. The minimum Gasteiger partial charge on any atom is -0.383 e. The van der Waals surface area contributed by atoms with Gasteiger partial charge in [-0.05, 0) is 13.3 Å². The van der Waals surface area contributed by atoms with Gasteiger partial charge in [-0.3, -0.25) is 4.79 Å². The second-order valence-corrected chi connectivity index (χ2v) is 3.60. The standard InChI is InChI=1S/C11H24N2O2/c1-4-6-10(9-15-3)13-8-7-11(14)12-5-2/h10,13H,4-9H2,1-3H3,(H,12,14). The maximum Gasteiger partial charge on any atom is 0.221 e. The maximum atomic E-state index is 11.2. The van der Waals surface area contributed by atoms with E-state index in [2.05, 4.69) is 17.6 Å². The van der Waals surface area contributed by atoms with E-state index in [0.29, 0.717) is 25.6 Å². The first-order valence-electron chi connectivity index (χ1n) is 5.73. The molecule has 2 N–H and O–H groups in total. The summed E-state index contributed by atoms with van der Waals surface area (Å²) < 4.78 is 5.10. The van der Waals surface area contributed by atoms with E-state index in [0.717, 1.165) is 19.4 Å². The average molecular weight is 216 g/mol. The molecule has 4 nitrogen and oxygen atoms in total. The van der Waals surface area contributed by atoms with Gasteiger partial charge in [0.15, 0.2) is 0 Å². The van der Waals surface area contributed by atoms with Crippen LogP contribution in [0.4, 0.5) is 0 Å². The van der Waals surface area contributed by atoms with Crippen molar-refractivity contribution in [2.24, 2.45) is 0 Å². The first-order valence-corrected chi connectivity index (χ1v) is 5.73. The third-order valence-corrected chi connectivity index (χ3v) is 2.16. The third kappa shape index (κ3) is 8.39. The number of methoxy groups -OCH3 is 1. The Balaban J connectivity index is 3.55. The topological polar surface area (TPSA) is 50.4 Å². The molecule has 0 aromatic heterocycles. The molecule has 0 aliphatic carbocycles. The van der Waals surface area contributed by atoms with Crippen molar-refractivity contribution < 1.29 is 9.53 Å². The summed E-state index contributed by atoms with van der Waals surface area (Å²) in [5, 5.41) is 6.10. The molecule has 0 heterocycles. The average Bonchev–Trinajstić information content (AvgIpc) is 2.19. The molecular formula is C11H24N2O2. The monoisotopic (exact) mass is 216 g/mol. The normalized spacial score (nSPS) is 12.5.